The van der Waals surface area contributed by atoms with Crippen LogP contribution < -0.4 is 0 Å². The fraction of sp³-hybridized carbons (Fsp3) is 0.353. The number of aryl methyl sites for hydroxylation is 2. The van der Waals surface area contributed by atoms with E-state index in [0.717, 1.165) is 48.0 Å². The van der Waals surface area contributed by atoms with Crippen molar-refractivity contribution in [3.8, 4) is 21.7 Å². The molecular weight excluding hydrogens is 679 g/mol. The van der Waals surface area contributed by atoms with Crippen LogP contribution in [0.3, 0.4) is 0 Å². The number of aromatic nitrogens is 1. The van der Waals surface area contributed by atoms with Crippen LogP contribution >= 0.6 is 11.3 Å². The zero-order chi connectivity index (χ0) is 27.7. The summed E-state index contributed by atoms with van der Waals surface area (Å²) in [7, 11) is 0. The monoisotopic (exact) mass is 719 g/mol. The number of aliphatic hydroxyl groups is 1. The van der Waals surface area contributed by atoms with Gasteiger partial charge in [0.25, 0.3) is 0 Å². The molecule has 2 aromatic carbocycles. The molecule has 0 aliphatic heterocycles. The third-order valence-electron chi connectivity index (χ3n) is 6.94. The number of fused-ring (bicyclic) bond motifs is 1. The number of benzene rings is 2. The van der Waals surface area contributed by atoms with Gasteiger partial charge in [-0.2, -0.15) is 0 Å². The Balaban J connectivity index is 0.000000294. The molecule has 2 aromatic heterocycles. The summed E-state index contributed by atoms with van der Waals surface area (Å²) in [5.74, 6) is 0.547. The third kappa shape index (κ3) is 8.96. The van der Waals surface area contributed by atoms with E-state index in [4.69, 9.17) is 4.98 Å². The summed E-state index contributed by atoms with van der Waals surface area (Å²) in [5.41, 5.74) is 6.75. The van der Waals surface area contributed by atoms with E-state index in [9.17, 15) is 9.90 Å². The van der Waals surface area contributed by atoms with Crippen molar-refractivity contribution in [3.05, 3.63) is 89.7 Å². The number of ketones is 1. The number of thiophene rings is 1. The number of allylic oxidation sites excluding steroid dienone is 2. The third-order valence-corrected chi connectivity index (χ3v) is 8.08. The zero-order valence-corrected chi connectivity index (χ0v) is 27.1. The summed E-state index contributed by atoms with van der Waals surface area (Å²) in [6.07, 6.45) is 4.91. The Kier molecular flexibility index (Phi) is 13.3. The Hall–Kier alpha value is -2.59. The molecule has 0 aliphatic carbocycles. The normalized spacial score (nSPS) is 11.3. The van der Waals surface area contributed by atoms with Gasteiger partial charge in [0.15, 0.2) is 5.78 Å². The number of hydrogen-bond acceptors (Lipinski definition) is 4. The van der Waals surface area contributed by atoms with Crippen LogP contribution in [0.25, 0.3) is 31.9 Å². The van der Waals surface area contributed by atoms with Crippen molar-refractivity contribution >= 4 is 27.3 Å². The SMILES string of the molecule is CCC(CC)C(=O)/C=C(\O)C(CC)CC.Cc1[c-]c(-c2ccc3sc(-c4ccccc4)cc3n2)cc(C)c1.[Ir]. The molecule has 209 valence electrons. The first kappa shape index (κ1) is 32.6. The minimum absolute atomic E-state index is 0. The molecule has 0 saturated heterocycles. The molecule has 1 N–H and O–H groups in total. The first-order valence-corrected chi connectivity index (χ1v) is 14.5. The van der Waals surface area contributed by atoms with E-state index in [1.54, 1.807) is 11.3 Å². The summed E-state index contributed by atoms with van der Waals surface area (Å²) in [5, 5.41) is 9.76. The Morgan fingerprint density at radius 1 is 0.923 bits per heavy atom. The Bertz CT molecular complexity index is 1350. The number of pyridine rings is 1. The number of nitrogens with zero attached hydrogens (tertiary/aromatic N) is 1. The molecule has 39 heavy (non-hydrogen) atoms. The number of carbonyl (C=O) groups excluding carboxylic acids is 1. The van der Waals surface area contributed by atoms with Crippen molar-refractivity contribution in [1.82, 2.24) is 4.98 Å². The maximum Gasteiger partial charge on any atom is 0.162 e. The Labute approximate surface area is 251 Å². The topological polar surface area (TPSA) is 50.2 Å². The molecule has 0 unspecified atom stereocenters. The number of aliphatic hydroxyl groups excluding tert-OH is 1. The van der Waals surface area contributed by atoms with Crippen LogP contribution in [0.4, 0.5) is 0 Å². The van der Waals surface area contributed by atoms with Gasteiger partial charge < -0.3 is 5.11 Å². The molecule has 0 atom stereocenters. The minimum Gasteiger partial charge on any atom is -0.512 e. The van der Waals surface area contributed by atoms with Crippen molar-refractivity contribution in [2.45, 2.75) is 67.2 Å². The maximum atomic E-state index is 11.7. The van der Waals surface area contributed by atoms with Gasteiger partial charge in [0.2, 0.25) is 0 Å². The predicted octanol–water partition coefficient (Wildman–Crippen LogP) is 9.91. The Morgan fingerprint density at radius 3 is 2.15 bits per heavy atom. The van der Waals surface area contributed by atoms with Gasteiger partial charge in [-0.05, 0) is 49.1 Å². The first-order chi connectivity index (χ1) is 18.3. The van der Waals surface area contributed by atoms with E-state index in [1.807, 2.05) is 33.8 Å². The molecule has 4 rings (SSSR count). The number of rotatable bonds is 9. The second kappa shape index (κ2) is 15.9. The second-order valence-corrected chi connectivity index (χ2v) is 10.9. The van der Waals surface area contributed by atoms with E-state index >= 15 is 0 Å². The molecule has 0 amide bonds. The van der Waals surface area contributed by atoms with Crippen LogP contribution in [0, 0.1) is 31.7 Å². The van der Waals surface area contributed by atoms with Crippen molar-refractivity contribution in [3.63, 3.8) is 0 Å². The van der Waals surface area contributed by atoms with Gasteiger partial charge in [-0.1, -0.05) is 77.9 Å². The van der Waals surface area contributed by atoms with Gasteiger partial charge in [-0.25, -0.2) is 0 Å². The number of hydrogen-bond donors (Lipinski definition) is 1. The largest absolute Gasteiger partial charge is 0.512 e. The van der Waals surface area contributed by atoms with Crippen LogP contribution in [-0.2, 0) is 24.9 Å². The summed E-state index contributed by atoms with van der Waals surface area (Å²) < 4.78 is 1.22. The zero-order valence-electron chi connectivity index (χ0n) is 23.9. The van der Waals surface area contributed by atoms with Crippen molar-refractivity contribution in [1.29, 1.82) is 0 Å². The van der Waals surface area contributed by atoms with Crippen LogP contribution in [0.2, 0.25) is 0 Å². The first-order valence-electron chi connectivity index (χ1n) is 13.7. The van der Waals surface area contributed by atoms with E-state index in [1.165, 1.54) is 26.8 Å². The summed E-state index contributed by atoms with van der Waals surface area (Å²) in [6, 6.07) is 24.6. The number of carbonyl (C=O) groups is 1. The smallest absolute Gasteiger partial charge is 0.162 e. The van der Waals surface area contributed by atoms with Gasteiger partial charge in [-0.3, -0.25) is 9.78 Å². The van der Waals surface area contributed by atoms with Crippen LogP contribution in [-0.4, -0.2) is 15.9 Å². The van der Waals surface area contributed by atoms with Gasteiger partial charge >= 0.3 is 0 Å². The van der Waals surface area contributed by atoms with Crippen LogP contribution in [0.5, 0.6) is 0 Å². The summed E-state index contributed by atoms with van der Waals surface area (Å²) >= 11 is 1.79. The molecule has 4 aromatic rings. The predicted molar refractivity (Wildman–Crippen MR) is 163 cm³/mol. The second-order valence-electron chi connectivity index (χ2n) is 9.81. The Morgan fingerprint density at radius 2 is 1.56 bits per heavy atom. The van der Waals surface area contributed by atoms with Gasteiger partial charge in [0, 0.05) is 42.9 Å². The molecule has 0 bridgehead atoms. The van der Waals surface area contributed by atoms with Crippen molar-refractivity contribution in [2.75, 3.05) is 0 Å². The molecule has 2 heterocycles. The average Bonchev–Trinajstić information content (AvgIpc) is 3.34. The van der Waals surface area contributed by atoms with E-state index in [2.05, 4.69) is 74.5 Å². The van der Waals surface area contributed by atoms with Gasteiger partial charge in [-0.15, -0.1) is 46.2 Å². The molecule has 1 radical (unpaired) electrons. The minimum atomic E-state index is 0. The van der Waals surface area contributed by atoms with Gasteiger partial charge in [0.05, 0.1) is 16.0 Å². The molecule has 0 fully saturated rings. The van der Waals surface area contributed by atoms with E-state index in [0.29, 0.717) is 0 Å². The van der Waals surface area contributed by atoms with E-state index < -0.39 is 0 Å². The molecule has 5 heteroatoms. The summed E-state index contributed by atoms with van der Waals surface area (Å²) in [6.45, 7) is 12.3. The maximum absolute atomic E-state index is 11.7. The van der Waals surface area contributed by atoms with E-state index in [-0.39, 0.29) is 43.5 Å². The molecule has 0 saturated carbocycles. The molecule has 3 nitrogen and oxygen atoms in total. The molecular formula is C34H40IrNO2S-. The standard InChI is InChI=1S/C21H16NS.C13H24O2.Ir/c1-14-10-15(2)12-17(11-14)18-8-9-20-19(22-18)13-21(23-20)16-6-4-3-5-7-16;1-5-10(6-2)12(14)9-13(15)11(7-3)8-4;/h3-11,13H,1-2H3;9-11,14H,5-8H2,1-4H3;/q-1;;/b;12-9-;. The van der Waals surface area contributed by atoms with Crippen molar-refractivity contribution < 1.29 is 30.0 Å². The van der Waals surface area contributed by atoms with Crippen LogP contribution in [0.1, 0.15) is 64.5 Å². The fourth-order valence-electron chi connectivity index (χ4n) is 4.63. The van der Waals surface area contributed by atoms with Crippen molar-refractivity contribution in [2.24, 2.45) is 11.8 Å². The summed E-state index contributed by atoms with van der Waals surface area (Å²) in [4.78, 5) is 17.8. The quantitative estimate of drug-likeness (QED) is 0.107. The molecule has 0 aliphatic rings. The molecule has 0 spiro atoms. The van der Waals surface area contributed by atoms with Crippen LogP contribution in [0.15, 0.2) is 72.5 Å². The fourth-order valence-corrected chi connectivity index (χ4v) is 5.64. The average molecular weight is 719 g/mol. The van der Waals surface area contributed by atoms with Gasteiger partial charge in [0.1, 0.15) is 0 Å².